The Labute approximate surface area is 171 Å². The molecule has 0 aromatic heterocycles. The zero-order valence-corrected chi connectivity index (χ0v) is 17.1. The highest BCUT2D eigenvalue weighted by Crippen LogP contribution is 2.34. The van der Waals surface area contributed by atoms with Crippen LogP contribution < -0.4 is 20.5 Å². The summed E-state index contributed by atoms with van der Waals surface area (Å²) in [4.78, 5) is 26.6. The lowest BCUT2D eigenvalue weighted by Crippen LogP contribution is -2.60. The molecule has 1 aliphatic carbocycles. The summed E-state index contributed by atoms with van der Waals surface area (Å²) in [5, 5.41) is 3.04. The summed E-state index contributed by atoms with van der Waals surface area (Å²) < 4.78 is 16.3. The summed E-state index contributed by atoms with van der Waals surface area (Å²) in [6, 6.07) is 4.72. The first-order valence-corrected chi connectivity index (χ1v) is 10.2. The number of ether oxygens (including phenoxy) is 3. The molecule has 1 saturated heterocycles. The van der Waals surface area contributed by atoms with E-state index >= 15 is 0 Å². The zero-order valence-electron chi connectivity index (χ0n) is 17.1. The van der Waals surface area contributed by atoms with Crippen molar-refractivity contribution >= 4 is 11.8 Å². The third-order valence-electron chi connectivity index (χ3n) is 5.89. The van der Waals surface area contributed by atoms with E-state index in [0.29, 0.717) is 12.3 Å². The molecule has 2 fully saturated rings. The van der Waals surface area contributed by atoms with Crippen LogP contribution in [-0.4, -0.2) is 68.8 Å². The van der Waals surface area contributed by atoms with Gasteiger partial charge in [-0.25, -0.2) is 0 Å². The van der Waals surface area contributed by atoms with Crippen molar-refractivity contribution in [2.24, 2.45) is 5.73 Å². The number of rotatable bonds is 8. The number of carbonyl (C=O) groups is 2. The van der Waals surface area contributed by atoms with E-state index < -0.39 is 5.91 Å². The molecule has 2 amide bonds. The van der Waals surface area contributed by atoms with Crippen molar-refractivity contribution in [3.8, 4) is 11.5 Å². The molecule has 1 aromatic rings. The maximum Gasteiger partial charge on any atom is 0.258 e. The standard InChI is InChI=1S/C21H31N3O5/c1-27-16-5-6-17(20(22)26)18(13-16)29-14-19(25)23-15-21(7-3-2-4-8-21)24-9-11-28-12-10-24/h5-6,13H,2-4,7-12,14-15H2,1H3,(H2,22,26)(H,23,25). The molecule has 0 unspecified atom stereocenters. The monoisotopic (exact) mass is 405 g/mol. The molecule has 2 aliphatic rings. The second-order valence-electron chi connectivity index (χ2n) is 7.68. The number of hydrogen-bond acceptors (Lipinski definition) is 6. The van der Waals surface area contributed by atoms with Crippen molar-refractivity contribution in [3.63, 3.8) is 0 Å². The number of benzene rings is 1. The van der Waals surface area contributed by atoms with E-state index in [0.717, 1.165) is 39.1 Å². The highest BCUT2D eigenvalue weighted by Gasteiger charge is 2.38. The molecule has 0 atom stereocenters. The Bertz CT molecular complexity index is 712. The molecule has 0 spiro atoms. The first-order valence-electron chi connectivity index (χ1n) is 10.2. The lowest BCUT2D eigenvalue weighted by atomic mass is 9.79. The quantitative estimate of drug-likeness (QED) is 0.676. The summed E-state index contributed by atoms with van der Waals surface area (Å²) in [6.45, 7) is 3.69. The molecule has 29 heavy (non-hydrogen) atoms. The van der Waals surface area contributed by atoms with Crippen molar-refractivity contribution in [3.05, 3.63) is 23.8 Å². The predicted molar refractivity (Wildman–Crippen MR) is 108 cm³/mol. The Morgan fingerprint density at radius 3 is 2.59 bits per heavy atom. The lowest BCUT2D eigenvalue weighted by Gasteiger charge is -2.48. The van der Waals surface area contributed by atoms with Crippen molar-refractivity contribution in [2.45, 2.75) is 37.6 Å². The second-order valence-corrected chi connectivity index (χ2v) is 7.68. The van der Waals surface area contributed by atoms with Crippen LogP contribution in [0.5, 0.6) is 11.5 Å². The van der Waals surface area contributed by atoms with Gasteiger partial charge in [-0.05, 0) is 25.0 Å². The number of primary amides is 1. The van der Waals surface area contributed by atoms with Crippen LogP contribution in [0.15, 0.2) is 18.2 Å². The molecule has 0 radical (unpaired) electrons. The fourth-order valence-corrected chi connectivity index (χ4v) is 4.26. The molecule has 1 aliphatic heterocycles. The highest BCUT2D eigenvalue weighted by atomic mass is 16.5. The van der Waals surface area contributed by atoms with Crippen LogP contribution >= 0.6 is 0 Å². The summed E-state index contributed by atoms with van der Waals surface area (Å²) in [7, 11) is 1.52. The number of morpholine rings is 1. The first-order chi connectivity index (χ1) is 14.0. The Morgan fingerprint density at radius 1 is 1.21 bits per heavy atom. The molecule has 1 aromatic carbocycles. The zero-order chi connectivity index (χ0) is 20.7. The van der Waals surface area contributed by atoms with Gasteiger partial charge in [0.25, 0.3) is 11.8 Å². The minimum atomic E-state index is -0.614. The number of amides is 2. The number of hydrogen-bond donors (Lipinski definition) is 2. The van der Waals surface area contributed by atoms with Gasteiger partial charge in [0.05, 0.1) is 25.9 Å². The van der Waals surface area contributed by atoms with E-state index in [1.807, 2.05) is 0 Å². The summed E-state index contributed by atoms with van der Waals surface area (Å²) >= 11 is 0. The molecule has 0 bridgehead atoms. The average molecular weight is 405 g/mol. The lowest BCUT2D eigenvalue weighted by molar-refractivity contribution is -0.124. The molecule has 160 valence electrons. The van der Waals surface area contributed by atoms with Gasteiger partial charge < -0.3 is 25.3 Å². The Balaban J connectivity index is 1.59. The molecule has 3 N–H and O–H groups in total. The van der Waals surface area contributed by atoms with Gasteiger partial charge in [0.1, 0.15) is 11.5 Å². The van der Waals surface area contributed by atoms with E-state index in [1.54, 1.807) is 12.1 Å². The predicted octanol–water partition coefficient (Wildman–Crippen LogP) is 1.32. The number of carbonyl (C=O) groups excluding carboxylic acids is 2. The molecule has 8 heteroatoms. The van der Waals surface area contributed by atoms with Crippen molar-refractivity contribution < 1.29 is 23.8 Å². The van der Waals surface area contributed by atoms with Gasteiger partial charge >= 0.3 is 0 Å². The maximum absolute atomic E-state index is 12.5. The first kappa shape index (κ1) is 21.4. The van der Waals surface area contributed by atoms with E-state index in [2.05, 4.69) is 10.2 Å². The Hall–Kier alpha value is -2.32. The van der Waals surface area contributed by atoms with Gasteiger partial charge in [-0.15, -0.1) is 0 Å². The van der Waals surface area contributed by atoms with Crippen molar-refractivity contribution in [1.29, 1.82) is 0 Å². The molecule has 3 rings (SSSR count). The molecule has 1 saturated carbocycles. The fourth-order valence-electron chi connectivity index (χ4n) is 4.26. The van der Waals surface area contributed by atoms with Crippen LogP contribution in [0.4, 0.5) is 0 Å². The average Bonchev–Trinajstić information content (AvgIpc) is 2.77. The van der Waals surface area contributed by atoms with Gasteiger partial charge in [-0.3, -0.25) is 14.5 Å². The highest BCUT2D eigenvalue weighted by molar-refractivity contribution is 5.96. The number of nitrogens with zero attached hydrogens (tertiary/aromatic N) is 1. The summed E-state index contributed by atoms with van der Waals surface area (Å²) in [6.07, 6.45) is 5.76. The molecular formula is C21H31N3O5. The fraction of sp³-hybridized carbons (Fsp3) is 0.619. The SMILES string of the molecule is COc1ccc(C(N)=O)c(OCC(=O)NCC2(N3CCOCC3)CCCCC2)c1. The van der Waals surface area contributed by atoms with Crippen molar-refractivity contribution in [1.82, 2.24) is 10.2 Å². The molecular weight excluding hydrogens is 374 g/mol. The minimum absolute atomic E-state index is 0.00789. The van der Waals surface area contributed by atoms with E-state index in [-0.39, 0.29) is 29.4 Å². The smallest absolute Gasteiger partial charge is 0.258 e. The minimum Gasteiger partial charge on any atom is -0.497 e. The van der Waals surface area contributed by atoms with Crippen LogP contribution in [0.1, 0.15) is 42.5 Å². The van der Waals surface area contributed by atoms with Crippen LogP contribution in [0.25, 0.3) is 0 Å². The van der Waals surface area contributed by atoms with Gasteiger partial charge in [0, 0.05) is 31.2 Å². The number of methoxy groups -OCH3 is 1. The molecule has 8 nitrogen and oxygen atoms in total. The number of nitrogens with one attached hydrogen (secondary N) is 1. The Morgan fingerprint density at radius 2 is 1.93 bits per heavy atom. The molecule has 1 heterocycles. The Kier molecular flexibility index (Phi) is 7.33. The van der Waals surface area contributed by atoms with Crippen molar-refractivity contribution in [2.75, 3.05) is 46.6 Å². The maximum atomic E-state index is 12.5. The van der Waals surface area contributed by atoms with E-state index in [4.69, 9.17) is 19.9 Å². The van der Waals surface area contributed by atoms with Crippen LogP contribution in [0.3, 0.4) is 0 Å². The topological polar surface area (TPSA) is 103 Å². The van der Waals surface area contributed by atoms with E-state index in [9.17, 15) is 9.59 Å². The van der Waals surface area contributed by atoms with Crippen LogP contribution in [0, 0.1) is 0 Å². The third kappa shape index (κ3) is 5.39. The van der Waals surface area contributed by atoms with Crippen LogP contribution in [0.2, 0.25) is 0 Å². The van der Waals surface area contributed by atoms with E-state index in [1.165, 1.54) is 32.4 Å². The summed E-state index contributed by atoms with van der Waals surface area (Å²) in [5.41, 5.74) is 5.60. The van der Waals surface area contributed by atoms with Gasteiger partial charge in [0.2, 0.25) is 0 Å². The summed E-state index contributed by atoms with van der Waals surface area (Å²) in [5.74, 6) is -0.0653. The van der Waals surface area contributed by atoms with Gasteiger partial charge in [0.15, 0.2) is 6.61 Å². The van der Waals surface area contributed by atoms with Gasteiger partial charge in [-0.2, -0.15) is 0 Å². The second kappa shape index (κ2) is 9.93. The normalized spacial score (nSPS) is 19.3. The largest absolute Gasteiger partial charge is 0.497 e. The third-order valence-corrected chi connectivity index (χ3v) is 5.89. The number of nitrogens with two attached hydrogens (primary N) is 1. The van der Waals surface area contributed by atoms with Crippen LogP contribution in [-0.2, 0) is 9.53 Å². The van der Waals surface area contributed by atoms with Gasteiger partial charge in [-0.1, -0.05) is 19.3 Å².